The lowest BCUT2D eigenvalue weighted by molar-refractivity contribution is -0.0661. The van der Waals surface area contributed by atoms with Crippen molar-refractivity contribution in [3.8, 4) is 0 Å². The summed E-state index contributed by atoms with van der Waals surface area (Å²) in [6.45, 7) is 9.47. The molecule has 2 nitrogen and oxygen atoms in total. The third-order valence-electron chi connectivity index (χ3n) is 7.77. The monoisotopic (exact) mass is 293 g/mol. The molecule has 3 aliphatic rings. The van der Waals surface area contributed by atoms with Crippen molar-refractivity contribution in [3.05, 3.63) is 12.2 Å². The van der Waals surface area contributed by atoms with Gasteiger partial charge in [-0.3, -0.25) is 0 Å². The zero-order valence-electron chi connectivity index (χ0n) is 13.8. The molecule has 0 aromatic rings. The van der Waals surface area contributed by atoms with E-state index in [1.807, 2.05) is 0 Å². The van der Waals surface area contributed by atoms with Crippen LogP contribution in [-0.4, -0.2) is 22.9 Å². The molecule has 0 amide bonds. The smallest absolute Gasteiger partial charge is 0.154 e. The van der Waals surface area contributed by atoms with Crippen LogP contribution in [0, 0.1) is 28.6 Å². The quantitative estimate of drug-likeness (QED) is 0.613. The Balaban J connectivity index is 1.77. The molecule has 0 heterocycles. The van der Waals surface area contributed by atoms with Crippen molar-refractivity contribution in [2.24, 2.45) is 28.6 Å². The maximum absolute atomic E-state index is 9.86. The number of rotatable bonds is 2. The first-order valence-electron chi connectivity index (χ1n) is 8.90. The molecule has 0 spiro atoms. The van der Waals surface area contributed by atoms with Gasteiger partial charge in [0.1, 0.15) is 0 Å². The largest absolute Gasteiger partial charge is 0.443 e. The third-order valence-corrected chi connectivity index (χ3v) is 7.77. The molecule has 6 atom stereocenters. The standard InChI is InChI=1S/C19H32O2/c1-13-4-5-14-10-15(6-8-18(13,14)2)19(3)9-7-17(21)11-16(19)12-20/h14-17,20-21H,1,4-12H2,2-3H3/p+1/t14?,15?,16-,17+,18-,19-/m1/s1. The highest BCUT2D eigenvalue weighted by molar-refractivity contribution is 5.19. The van der Waals surface area contributed by atoms with E-state index in [4.69, 9.17) is 5.11 Å². The second kappa shape index (κ2) is 5.38. The molecule has 3 fully saturated rings. The summed E-state index contributed by atoms with van der Waals surface area (Å²) in [4.78, 5) is 0. The number of allylic oxidation sites excluding steroid dienone is 1. The number of aliphatic hydroxyl groups excluding tert-OH is 1. The van der Waals surface area contributed by atoms with Gasteiger partial charge < -0.3 is 10.2 Å². The molecule has 3 saturated carbocycles. The molecule has 2 unspecified atom stereocenters. The second-order valence-corrected chi connectivity index (χ2v) is 8.58. The van der Waals surface area contributed by atoms with E-state index in [0.717, 1.165) is 31.1 Å². The Morgan fingerprint density at radius 1 is 1.14 bits per heavy atom. The van der Waals surface area contributed by atoms with Gasteiger partial charge in [-0.05, 0) is 67.1 Å². The first-order valence-corrected chi connectivity index (χ1v) is 8.90. The molecule has 3 N–H and O–H groups in total. The van der Waals surface area contributed by atoms with Crippen molar-refractivity contribution in [1.29, 1.82) is 0 Å². The van der Waals surface area contributed by atoms with E-state index in [1.165, 1.54) is 37.7 Å². The fourth-order valence-corrected chi connectivity index (χ4v) is 5.77. The average Bonchev–Trinajstić information content (AvgIpc) is 2.77. The average molecular weight is 293 g/mol. The predicted octanol–water partition coefficient (Wildman–Crippen LogP) is 3.65. The van der Waals surface area contributed by atoms with Crippen LogP contribution in [0.3, 0.4) is 0 Å². The highest BCUT2D eigenvalue weighted by Crippen LogP contribution is 2.61. The van der Waals surface area contributed by atoms with Crippen molar-refractivity contribution in [1.82, 2.24) is 0 Å². The second-order valence-electron chi connectivity index (χ2n) is 8.58. The van der Waals surface area contributed by atoms with E-state index in [1.54, 1.807) is 0 Å². The van der Waals surface area contributed by atoms with Crippen molar-refractivity contribution >= 4 is 0 Å². The fraction of sp³-hybridized carbons (Fsp3) is 0.895. The molecule has 120 valence electrons. The Morgan fingerprint density at radius 3 is 2.62 bits per heavy atom. The molecule has 0 aromatic carbocycles. The van der Waals surface area contributed by atoms with Crippen LogP contribution in [0.2, 0.25) is 0 Å². The van der Waals surface area contributed by atoms with Crippen LogP contribution in [0.25, 0.3) is 0 Å². The minimum Gasteiger partial charge on any atom is -0.443 e. The Morgan fingerprint density at radius 2 is 1.90 bits per heavy atom. The van der Waals surface area contributed by atoms with Crippen LogP contribution in [-0.2, 0) is 0 Å². The van der Waals surface area contributed by atoms with E-state index in [2.05, 4.69) is 20.4 Å². The molecule has 3 aliphatic carbocycles. The zero-order chi connectivity index (χ0) is 15.3. The molecule has 21 heavy (non-hydrogen) atoms. The van der Waals surface area contributed by atoms with Crippen LogP contribution in [0.4, 0.5) is 0 Å². The highest BCUT2D eigenvalue weighted by atomic mass is 16.3. The molecule has 0 aliphatic heterocycles. The van der Waals surface area contributed by atoms with E-state index in [9.17, 15) is 5.11 Å². The molecule has 3 rings (SSSR count). The molecule has 0 radical (unpaired) electrons. The fourth-order valence-electron chi connectivity index (χ4n) is 5.77. The SMILES string of the molecule is C=C1CCC2CC([C@@]3(C)CC[C@H]([OH2+])C[C@@H]3CO)CC[C@]12C. The van der Waals surface area contributed by atoms with Crippen molar-refractivity contribution in [2.75, 3.05) is 6.61 Å². The van der Waals surface area contributed by atoms with Gasteiger partial charge in [0.05, 0.1) is 0 Å². The summed E-state index contributed by atoms with van der Waals surface area (Å²) in [7, 11) is 0. The summed E-state index contributed by atoms with van der Waals surface area (Å²) in [5, 5.41) is 17.9. The van der Waals surface area contributed by atoms with Gasteiger partial charge in [-0.1, -0.05) is 26.0 Å². The zero-order valence-corrected chi connectivity index (χ0v) is 13.8. The number of hydrogen-bond donors (Lipinski definition) is 1. The van der Waals surface area contributed by atoms with Crippen LogP contribution in [0.15, 0.2) is 12.2 Å². The van der Waals surface area contributed by atoms with Gasteiger partial charge in [0, 0.05) is 19.4 Å². The summed E-state index contributed by atoms with van der Waals surface area (Å²) in [6, 6.07) is 0. The summed E-state index contributed by atoms with van der Waals surface area (Å²) in [5.74, 6) is 1.90. The van der Waals surface area contributed by atoms with E-state index in [-0.39, 0.29) is 18.1 Å². The lowest BCUT2D eigenvalue weighted by Gasteiger charge is -2.52. The molecule has 2 heteroatoms. The van der Waals surface area contributed by atoms with Gasteiger partial charge in [-0.2, -0.15) is 0 Å². The number of fused-ring (bicyclic) bond motifs is 1. The van der Waals surface area contributed by atoms with E-state index in [0.29, 0.717) is 11.3 Å². The Kier molecular flexibility index (Phi) is 3.99. The Bertz CT molecular complexity index is 418. The van der Waals surface area contributed by atoms with Gasteiger partial charge in [0.25, 0.3) is 0 Å². The minimum atomic E-state index is 0.0512. The van der Waals surface area contributed by atoms with Crippen LogP contribution >= 0.6 is 0 Å². The first-order chi connectivity index (χ1) is 9.90. The maximum atomic E-state index is 9.86. The Hall–Kier alpha value is -0.340. The van der Waals surface area contributed by atoms with Gasteiger partial charge >= 0.3 is 0 Å². The van der Waals surface area contributed by atoms with Gasteiger partial charge in [-0.25, -0.2) is 0 Å². The highest BCUT2D eigenvalue weighted by Gasteiger charge is 2.52. The topological polar surface area (TPSA) is 43.1 Å². The maximum Gasteiger partial charge on any atom is 0.154 e. The van der Waals surface area contributed by atoms with E-state index >= 15 is 0 Å². The lowest BCUT2D eigenvalue weighted by Crippen LogP contribution is -2.46. The third kappa shape index (κ3) is 2.39. The van der Waals surface area contributed by atoms with Crippen molar-refractivity contribution in [2.45, 2.75) is 71.3 Å². The first kappa shape index (κ1) is 15.6. The lowest BCUT2D eigenvalue weighted by atomic mass is 9.53. The molecular formula is C19H33O2+. The summed E-state index contributed by atoms with van der Waals surface area (Å²) in [6.07, 6.45) is 9.58. The summed E-state index contributed by atoms with van der Waals surface area (Å²) < 4.78 is 0. The van der Waals surface area contributed by atoms with Crippen LogP contribution in [0.5, 0.6) is 0 Å². The predicted molar refractivity (Wildman–Crippen MR) is 87.2 cm³/mol. The van der Waals surface area contributed by atoms with Gasteiger partial charge in [-0.15, -0.1) is 0 Å². The molecule has 0 aromatic heterocycles. The molecule has 0 saturated heterocycles. The van der Waals surface area contributed by atoms with Gasteiger partial charge in [0.15, 0.2) is 6.10 Å². The van der Waals surface area contributed by atoms with Crippen LogP contribution in [0.1, 0.15) is 65.2 Å². The molecule has 0 bridgehead atoms. The number of hydrogen-bond acceptors (Lipinski definition) is 1. The molecular weight excluding hydrogens is 260 g/mol. The van der Waals surface area contributed by atoms with Gasteiger partial charge in [0.2, 0.25) is 0 Å². The van der Waals surface area contributed by atoms with Crippen molar-refractivity contribution in [3.63, 3.8) is 0 Å². The summed E-state index contributed by atoms with van der Waals surface area (Å²) in [5.41, 5.74) is 2.15. The summed E-state index contributed by atoms with van der Waals surface area (Å²) >= 11 is 0. The Labute approximate surface area is 129 Å². The number of aliphatic hydroxyl groups is 1. The van der Waals surface area contributed by atoms with Crippen molar-refractivity contribution < 1.29 is 10.2 Å². The normalized spacial score (nSPS) is 51.0. The minimum absolute atomic E-state index is 0.0512. The van der Waals surface area contributed by atoms with Crippen LogP contribution < -0.4 is 0 Å². The van der Waals surface area contributed by atoms with E-state index < -0.39 is 0 Å².